The number of carboxylic acid groups (broad SMARTS) is 1. The van der Waals surface area contributed by atoms with E-state index in [-0.39, 0.29) is 0 Å². The van der Waals surface area contributed by atoms with Crippen LogP contribution in [-0.2, 0) is 9.31 Å². The number of nitrogens with zero attached hydrogens (tertiary/aromatic N) is 1. The molecule has 7 heteroatoms. The van der Waals surface area contributed by atoms with E-state index in [0.717, 1.165) is 37.3 Å². The molecule has 0 bridgehead atoms. The Kier molecular flexibility index (Phi) is 4.60. The minimum absolute atomic E-state index is 0.306. The van der Waals surface area contributed by atoms with E-state index >= 15 is 0 Å². The van der Waals surface area contributed by atoms with E-state index in [4.69, 9.17) is 9.31 Å². The highest BCUT2D eigenvalue weighted by atomic mass is 16.7. The van der Waals surface area contributed by atoms with E-state index in [1.807, 2.05) is 40.7 Å². The van der Waals surface area contributed by atoms with Gasteiger partial charge in [0.15, 0.2) is 0 Å². The van der Waals surface area contributed by atoms with Crippen molar-refractivity contribution < 1.29 is 19.2 Å². The zero-order chi connectivity index (χ0) is 18.4. The maximum atomic E-state index is 11.8. The van der Waals surface area contributed by atoms with E-state index < -0.39 is 24.3 Å². The van der Waals surface area contributed by atoms with Gasteiger partial charge in [0.05, 0.1) is 16.8 Å². The lowest BCUT2D eigenvalue weighted by atomic mass is 9.74. The summed E-state index contributed by atoms with van der Waals surface area (Å²) in [4.78, 5) is 14.0. The monoisotopic (exact) mass is 346 g/mol. The normalized spacial score (nSPS) is 22.3. The van der Waals surface area contributed by atoms with Crippen LogP contribution in [0.15, 0.2) is 12.1 Å². The van der Waals surface area contributed by atoms with E-state index in [9.17, 15) is 9.90 Å². The van der Waals surface area contributed by atoms with Crippen LogP contribution < -0.4 is 15.7 Å². The van der Waals surface area contributed by atoms with Gasteiger partial charge < -0.3 is 24.6 Å². The molecule has 2 saturated heterocycles. The molecule has 2 fully saturated rings. The first kappa shape index (κ1) is 18.2. The van der Waals surface area contributed by atoms with Crippen LogP contribution in [0.3, 0.4) is 0 Å². The molecule has 0 unspecified atom stereocenters. The van der Waals surface area contributed by atoms with Crippen molar-refractivity contribution in [1.29, 1.82) is 0 Å². The molecule has 0 spiro atoms. The quantitative estimate of drug-likeness (QED) is 0.807. The van der Waals surface area contributed by atoms with Gasteiger partial charge in [-0.05, 0) is 57.8 Å². The van der Waals surface area contributed by atoms with Gasteiger partial charge in [-0.25, -0.2) is 4.79 Å². The second kappa shape index (κ2) is 6.30. The molecule has 0 atom stereocenters. The summed E-state index contributed by atoms with van der Waals surface area (Å²) in [5.74, 6) is -0.924. The van der Waals surface area contributed by atoms with Gasteiger partial charge in [-0.2, -0.15) is 0 Å². The number of carbonyl (C=O) groups is 1. The van der Waals surface area contributed by atoms with Crippen molar-refractivity contribution in [2.24, 2.45) is 0 Å². The van der Waals surface area contributed by atoms with Crippen molar-refractivity contribution in [3.05, 3.63) is 23.3 Å². The van der Waals surface area contributed by atoms with Crippen molar-refractivity contribution in [2.75, 3.05) is 31.1 Å². The SMILES string of the molecule is Cc1c(B2OC(C)(C)C(C)(C)O2)cc(N2CCNCC2)cc1C(=O)O. The topological polar surface area (TPSA) is 71.0 Å². The molecule has 2 N–H and O–H groups in total. The number of piperazine rings is 1. The smallest absolute Gasteiger partial charge is 0.478 e. The van der Waals surface area contributed by atoms with Crippen LogP contribution in [0.4, 0.5) is 5.69 Å². The average Bonchev–Trinajstić information content (AvgIpc) is 2.76. The summed E-state index contributed by atoms with van der Waals surface area (Å²) in [6, 6.07) is 3.78. The van der Waals surface area contributed by atoms with E-state index in [2.05, 4.69) is 10.2 Å². The zero-order valence-corrected chi connectivity index (χ0v) is 15.7. The summed E-state index contributed by atoms with van der Waals surface area (Å²) >= 11 is 0. The molecule has 1 aromatic rings. The molecule has 0 saturated carbocycles. The Hall–Kier alpha value is -1.57. The maximum Gasteiger partial charge on any atom is 0.495 e. The first-order valence-electron chi connectivity index (χ1n) is 8.81. The number of rotatable bonds is 3. The maximum absolute atomic E-state index is 11.8. The first-order valence-corrected chi connectivity index (χ1v) is 8.81. The Morgan fingerprint density at radius 2 is 1.72 bits per heavy atom. The molecule has 6 nitrogen and oxygen atoms in total. The standard InChI is InChI=1S/C18H27BN2O4/c1-12-14(16(22)23)10-13(21-8-6-20-7-9-21)11-15(12)19-24-17(2,3)18(4,5)25-19/h10-11,20H,6-9H2,1-5H3,(H,22,23). The molecule has 25 heavy (non-hydrogen) atoms. The van der Waals surface area contributed by atoms with Gasteiger partial charge in [0, 0.05) is 31.9 Å². The van der Waals surface area contributed by atoms with Gasteiger partial charge in [-0.1, -0.05) is 0 Å². The molecule has 0 amide bonds. The molecule has 1 aromatic carbocycles. The van der Waals surface area contributed by atoms with Gasteiger partial charge in [-0.3, -0.25) is 0 Å². The average molecular weight is 346 g/mol. The lowest BCUT2D eigenvalue weighted by molar-refractivity contribution is 0.00578. The van der Waals surface area contributed by atoms with Crippen LogP contribution in [0.5, 0.6) is 0 Å². The van der Waals surface area contributed by atoms with Crippen molar-refractivity contribution in [1.82, 2.24) is 5.32 Å². The summed E-state index contributed by atoms with van der Waals surface area (Å²) in [6.45, 7) is 13.3. The van der Waals surface area contributed by atoms with Crippen LogP contribution in [0.1, 0.15) is 43.6 Å². The fourth-order valence-corrected chi connectivity index (χ4v) is 3.26. The molecule has 0 radical (unpaired) electrons. The largest absolute Gasteiger partial charge is 0.495 e. The van der Waals surface area contributed by atoms with Crippen LogP contribution in [-0.4, -0.2) is 55.6 Å². The van der Waals surface area contributed by atoms with Crippen molar-refractivity contribution in [3.8, 4) is 0 Å². The zero-order valence-electron chi connectivity index (χ0n) is 15.7. The molecular formula is C18H27BN2O4. The third kappa shape index (κ3) is 3.28. The van der Waals surface area contributed by atoms with Crippen LogP contribution >= 0.6 is 0 Å². The second-order valence-corrected chi connectivity index (χ2v) is 7.84. The van der Waals surface area contributed by atoms with Gasteiger partial charge in [0.25, 0.3) is 0 Å². The number of nitrogens with one attached hydrogen (secondary N) is 1. The van der Waals surface area contributed by atoms with E-state index in [0.29, 0.717) is 11.1 Å². The lowest BCUT2D eigenvalue weighted by Gasteiger charge is -2.32. The fourth-order valence-electron chi connectivity index (χ4n) is 3.26. The van der Waals surface area contributed by atoms with Crippen molar-refractivity contribution in [2.45, 2.75) is 45.8 Å². The molecule has 2 aliphatic heterocycles. The minimum Gasteiger partial charge on any atom is -0.478 e. The molecule has 2 aliphatic rings. The van der Waals surface area contributed by atoms with Crippen molar-refractivity contribution >= 4 is 24.2 Å². The fraction of sp³-hybridized carbons (Fsp3) is 0.611. The second-order valence-electron chi connectivity index (χ2n) is 7.84. The Balaban J connectivity index is 2.03. The molecule has 0 aliphatic carbocycles. The first-order chi connectivity index (χ1) is 11.6. The number of hydrogen-bond acceptors (Lipinski definition) is 5. The van der Waals surface area contributed by atoms with E-state index in [1.165, 1.54) is 0 Å². The highest BCUT2D eigenvalue weighted by Gasteiger charge is 2.52. The Bertz CT molecular complexity index is 668. The molecule has 3 rings (SSSR count). The van der Waals surface area contributed by atoms with Gasteiger partial charge in [0.2, 0.25) is 0 Å². The summed E-state index contributed by atoms with van der Waals surface area (Å²) in [6.07, 6.45) is 0. The Morgan fingerprint density at radius 1 is 1.16 bits per heavy atom. The number of anilines is 1. The molecule has 0 aromatic heterocycles. The Labute approximate surface area is 149 Å². The van der Waals surface area contributed by atoms with Gasteiger partial charge >= 0.3 is 13.1 Å². The molecule has 2 heterocycles. The number of aromatic carboxylic acids is 1. The predicted molar refractivity (Wildman–Crippen MR) is 98.9 cm³/mol. The third-order valence-electron chi connectivity index (χ3n) is 5.65. The molecular weight excluding hydrogens is 319 g/mol. The van der Waals surface area contributed by atoms with Gasteiger partial charge in [-0.15, -0.1) is 0 Å². The van der Waals surface area contributed by atoms with Gasteiger partial charge in [0.1, 0.15) is 0 Å². The summed E-state index contributed by atoms with van der Waals surface area (Å²) in [7, 11) is -0.564. The van der Waals surface area contributed by atoms with Crippen molar-refractivity contribution in [3.63, 3.8) is 0 Å². The number of benzene rings is 1. The highest BCUT2D eigenvalue weighted by molar-refractivity contribution is 6.63. The summed E-state index contributed by atoms with van der Waals surface area (Å²) in [5.41, 5.74) is 1.80. The molecule has 136 valence electrons. The summed E-state index contributed by atoms with van der Waals surface area (Å²) < 4.78 is 12.3. The number of hydrogen-bond donors (Lipinski definition) is 2. The predicted octanol–water partition coefficient (Wildman–Crippen LogP) is 1.40. The van der Waals surface area contributed by atoms with Crippen LogP contribution in [0.25, 0.3) is 0 Å². The minimum atomic E-state index is -0.924. The van der Waals surface area contributed by atoms with Crippen LogP contribution in [0, 0.1) is 6.92 Å². The lowest BCUT2D eigenvalue weighted by Crippen LogP contribution is -2.44. The third-order valence-corrected chi connectivity index (χ3v) is 5.65. The number of carboxylic acids is 1. The summed E-state index contributed by atoms with van der Waals surface area (Å²) in [5, 5.41) is 13.0. The Morgan fingerprint density at radius 3 is 2.24 bits per heavy atom. The van der Waals surface area contributed by atoms with E-state index in [1.54, 1.807) is 6.07 Å². The van der Waals surface area contributed by atoms with Crippen LogP contribution in [0.2, 0.25) is 0 Å². The highest BCUT2D eigenvalue weighted by Crippen LogP contribution is 2.37.